The summed E-state index contributed by atoms with van der Waals surface area (Å²) in [7, 11) is 0. The van der Waals surface area contributed by atoms with Crippen molar-refractivity contribution >= 4 is 26.9 Å². The summed E-state index contributed by atoms with van der Waals surface area (Å²) in [6, 6.07) is 14.7. The first-order chi connectivity index (χ1) is 14.6. The van der Waals surface area contributed by atoms with Crippen LogP contribution < -0.4 is 14.9 Å². The number of ether oxygens (including phenoxy) is 2. The molecule has 0 amide bonds. The molecule has 7 heteroatoms. The van der Waals surface area contributed by atoms with Crippen LogP contribution in [0.4, 0.5) is 0 Å². The summed E-state index contributed by atoms with van der Waals surface area (Å²) in [6.07, 6.45) is 1.65. The topological polar surface area (TPSA) is 65.1 Å². The summed E-state index contributed by atoms with van der Waals surface area (Å²) in [4.78, 5) is 15.3. The number of hydrogen-bond acceptors (Lipinski definition) is 6. The number of furan rings is 1. The van der Waals surface area contributed by atoms with E-state index in [0.29, 0.717) is 42.3 Å². The van der Waals surface area contributed by atoms with E-state index < -0.39 is 0 Å². The molecule has 152 valence electrons. The summed E-state index contributed by atoms with van der Waals surface area (Å²) < 4.78 is 24.1. The Labute approximate surface area is 180 Å². The number of rotatable bonds is 4. The lowest BCUT2D eigenvalue weighted by Gasteiger charge is -2.28. The van der Waals surface area contributed by atoms with Gasteiger partial charge in [-0.15, -0.1) is 0 Å². The van der Waals surface area contributed by atoms with E-state index in [1.165, 1.54) is 0 Å². The van der Waals surface area contributed by atoms with Crippen LogP contribution in [-0.4, -0.2) is 11.6 Å². The summed E-state index contributed by atoms with van der Waals surface area (Å²) in [5.74, 6) is 2.72. The average molecular weight is 468 g/mol. The molecule has 30 heavy (non-hydrogen) atoms. The van der Waals surface area contributed by atoms with Gasteiger partial charge in [-0.05, 0) is 59.3 Å². The van der Waals surface area contributed by atoms with E-state index in [0.717, 1.165) is 21.5 Å². The Morgan fingerprint density at radius 3 is 2.80 bits per heavy atom. The Bertz CT molecular complexity index is 1280. The van der Waals surface area contributed by atoms with Crippen molar-refractivity contribution in [3.8, 4) is 17.2 Å². The van der Waals surface area contributed by atoms with Crippen molar-refractivity contribution in [2.75, 3.05) is 6.73 Å². The molecule has 5 rings (SSSR count). The van der Waals surface area contributed by atoms with Gasteiger partial charge in [-0.2, -0.15) is 0 Å². The third kappa shape index (κ3) is 3.40. The van der Waals surface area contributed by atoms with Gasteiger partial charge in [-0.3, -0.25) is 9.69 Å². The minimum absolute atomic E-state index is 0.179. The Hall–Kier alpha value is -3.03. The van der Waals surface area contributed by atoms with Crippen LogP contribution in [0.3, 0.4) is 0 Å². The SMILES string of the molecule is Cc1oc2c3c(ccc2c(=O)c1Oc1ccccc1Br)OCN(Cc1ccco1)C3. The van der Waals surface area contributed by atoms with Crippen LogP contribution in [-0.2, 0) is 13.1 Å². The van der Waals surface area contributed by atoms with Gasteiger partial charge in [0.25, 0.3) is 0 Å². The third-order valence-electron chi connectivity index (χ3n) is 5.04. The van der Waals surface area contributed by atoms with Crippen molar-refractivity contribution in [1.82, 2.24) is 4.90 Å². The lowest BCUT2D eigenvalue weighted by atomic mass is 10.1. The normalized spacial score (nSPS) is 13.8. The molecule has 0 saturated heterocycles. The van der Waals surface area contributed by atoms with Crippen LogP contribution in [0.15, 0.2) is 72.9 Å². The second-order valence-electron chi connectivity index (χ2n) is 7.11. The molecule has 1 aliphatic heterocycles. The van der Waals surface area contributed by atoms with E-state index in [-0.39, 0.29) is 11.2 Å². The number of aryl methyl sites for hydroxylation is 1. The number of halogens is 1. The molecular formula is C23H18BrNO5. The quantitative estimate of drug-likeness (QED) is 0.389. The van der Waals surface area contributed by atoms with Gasteiger partial charge in [0.2, 0.25) is 11.2 Å². The predicted octanol–water partition coefficient (Wildman–Crippen LogP) is 5.60. The van der Waals surface area contributed by atoms with Crippen molar-refractivity contribution < 1.29 is 18.3 Å². The lowest BCUT2D eigenvalue weighted by molar-refractivity contribution is 0.0826. The van der Waals surface area contributed by atoms with Gasteiger partial charge in [0.1, 0.15) is 35.3 Å². The molecule has 0 N–H and O–H groups in total. The molecule has 6 nitrogen and oxygen atoms in total. The van der Waals surface area contributed by atoms with Crippen molar-refractivity contribution in [1.29, 1.82) is 0 Å². The van der Waals surface area contributed by atoms with Crippen LogP contribution in [0.25, 0.3) is 11.0 Å². The van der Waals surface area contributed by atoms with Crippen LogP contribution in [0.2, 0.25) is 0 Å². The van der Waals surface area contributed by atoms with Crippen LogP contribution in [0.1, 0.15) is 17.1 Å². The van der Waals surface area contributed by atoms with E-state index >= 15 is 0 Å². The molecule has 0 radical (unpaired) electrons. The molecule has 4 aromatic rings. The maximum Gasteiger partial charge on any atom is 0.235 e. The van der Waals surface area contributed by atoms with E-state index in [1.807, 2.05) is 36.4 Å². The highest BCUT2D eigenvalue weighted by atomic mass is 79.9. The number of para-hydroxylation sites is 1. The van der Waals surface area contributed by atoms with E-state index in [2.05, 4.69) is 20.8 Å². The van der Waals surface area contributed by atoms with Gasteiger partial charge in [0, 0.05) is 6.54 Å². The minimum Gasteiger partial charge on any atom is -0.478 e. The van der Waals surface area contributed by atoms with Crippen molar-refractivity contribution in [3.63, 3.8) is 0 Å². The first kappa shape index (κ1) is 19.0. The molecule has 0 spiro atoms. The smallest absolute Gasteiger partial charge is 0.235 e. The summed E-state index contributed by atoms with van der Waals surface area (Å²) >= 11 is 3.45. The van der Waals surface area contributed by atoms with Crippen LogP contribution in [0, 0.1) is 6.92 Å². The van der Waals surface area contributed by atoms with E-state index in [9.17, 15) is 4.79 Å². The second-order valence-corrected chi connectivity index (χ2v) is 7.96. The largest absolute Gasteiger partial charge is 0.478 e. The fourth-order valence-corrected chi connectivity index (χ4v) is 3.95. The number of nitrogens with zero attached hydrogens (tertiary/aromatic N) is 1. The lowest BCUT2D eigenvalue weighted by Crippen LogP contribution is -2.31. The molecule has 0 fully saturated rings. The Morgan fingerprint density at radius 2 is 2.00 bits per heavy atom. The van der Waals surface area contributed by atoms with Crippen molar-refractivity contribution in [3.05, 3.63) is 86.6 Å². The molecule has 2 aromatic heterocycles. The molecule has 0 unspecified atom stereocenters. The number of hydrogen-bond donors (Lipinski definition) is 0. The van der Waals surface area contributed by atoms with Gasteiger partial charge in [0.15, 0.2) is 0 Å². The highest BCUT2D eigenvalue weighted by Crippen LogP contribution is 2.35. The van der Waals surface area contributed by atoms with Gasteiger partial charge in [-0.25, -0.2) is 0 Å². The summed E-state index contributed by atoms with van der Waals surface area (Å²) in [5.41, 5.74) is 1.16. The Kier molecular flexibility index (Phi) is 4.84. The molecule has 1 aliphatic rings. The van der Waals surface area contributed by atoms with E-state index in [1.54, 1.807) is 25.3 Å². The number of benzene rings is 2. The fourth-order valence-electron chi connectivity index (χ4n) is 3.58. The predicted molar refractivity (Wildman–Crippen MR) is 115 cm³/mol. The molecule has 0 aliphatic carbocycles. The Morgan fingerprint density at radius 1 is 1.13 bits per heavy atom. The van der Waals surface area contributed by atoms with Crippen molar-refractivity contribution in [2.24, 2.45) is 0 Å². The van der Waals surface area contributed by atoms with E-state index in [4.69, 9.17) is 18.3 Å². The van der Waals surface area contributed by atoms with Gasteiger partial charge in [0.05, 0.1) is 28.2 Å². The zero-order valence-electron chi connectivity index (χ0n) is 16.2. The van der Waals surface area contributed by atoms with Crippen LogP contribution >= 0.6 is 15.9 Å². The fraction of sp³-hybridized carbons (Fsp3) is 0.174. The van der Waals surface area contributed by atoms with Gasteiger partial charge >= 0.3 is 0 Å². The zero-order valence-corrected chi connectivity index (χ0v) is 17.8. The first-order valence-electron chi connectivity index (χ1n) is 9.49. The van der Waals surface area contributed by atoms with Crippen LogP contribution in [0.5, 0.6) is 17.2 Å². The molecular weight excluding hydrogens is 450 g/mol. The minimum atomic E-state index is -0.213. The van der Waals surface area contributed by atoms with Gasteiger partial charge < -0.3 is 18.3 Å². The molecule has 3 heterocycles. The highest BCUT2D eigenvalue weighted by molar-refractivity contribution is 9.10. The highest BCUT2D eigenvalue weighted by Gasteiger charge is 2.24. The summed E-state index contributed by atoms with van der Waals surface area (Å²) in [6.45, 7) is 3.36. The maximum absolute atomic E-state index is 13.2. The monoisotopic (exact) mass is 467 g/mol. The zero-order chi connectivity index (χ0) is 20.7. The summed E-state index contributed by atoms with van der Waals surface area (Å²) in [5, 5.41) is 0.463. The maximum atomic E-state index is 13.2. The molecule has 0 atom stereocenters. The van der Waals surface area contributed by atoms with Gasteiger partial charge in [-0.1, -0.05) is 12.1 Å². The first-order valence-corrected chi connectivity index (χ1v) is 10.3. The van der Waals surface area contributed by atoms with Crippen molar-refractivity contribution in [2.45, 2.75) is 20.0 Å². The Balaban J connectivity index is 1.54. The molecule has 0 bridgehead atoms. The average Bonchev–Trinajstić information content (AvgIpc) is 3.25. The number of fused-ring (bicyclic) bond motifs is 3. The third-order valence-corrected chi connectivity index (χ3v) is 5.69. The molecule has 0 saturated carbocycles. The molecule has 2 aromatic carbocycles. The second kappa shape index (κ2) is 7.66. The standard InChI is InChI=1S/C23H18BrNO5/c1-14-22(30-20-7-3-2-6-18(20)24)21(26)16-8-9-19-17(23(16)29-14)12-25(13-28-19)11-15-5-4-10-27-15/h2-10H,11-13H2,1H3.